The molecule has 92 valence electrons. The van der Waals surface area contributed by atoms with Crippen molar-refractivity contribution in [2.75, 3.05) is 0 Å². The average Bonchev–Trinajstić information content (AvgIpc) is 2.39. The van der Waals surface area contributed by atoms with Crippen LogP contribution in [-0.2, 0) is 9.84 Å². The highest BCUT2D eigenvalue weighted by Gasteiger charge is 2.08. The lowest BCUT2D eigenvalue weighted by molar-refractivity contribution is 0.605. The van der Waals surface area contributed by atoms with Crippen LogP contribution in [0.5, 0.6) is 0 Å². The molecule has 0 N–H and O–H groups in total. The Morgan fingerprint density at radius 1 is 0.889 bits per heavy atom. The first kappa shape index (κ1) is 12.6. The molecule has 0 aliphatic carbocycles. The Hall–Kier alpha value is -1.87. The van der Waals surface area contributed by atoms with Crippen LogP contribution in [-0.4, -0.2) is 8.42 Å². The van der Waals surface area contributed by atoms with Crippen LogP contribution in [0.4, 0.5) is 0 Å². The van der Waals surface area contributed by atoms with Gasteiger partial charge in [-0.3, -0.25) is 0 Å². The Kier molecular flexibility index (Phi) is 3.63. The van der Waals surface area contributed by atoms with Crippen LogP contribution < -0.4 is 0 Å². The number of aryl methyl sites for hydroxylation is 1. The first-order chi connectivity index (χ1) is 8.58. The fraction of sp³-hybridized carbons (Fsp3) is 0.0667. The predicted molar refractivity (Wildman–Crippen MR) is 73.8 cm³/mol. The summed E-state index contributed by atoms with van der Waals surface area (Å²) in [6.45, 7) is 1.99. The van der Waals surface area contributed by atoms with E-state index in [1.807, 2.05) is 31.2 Å². The maximum atomic E-state index is 12.0. The summed E-state index contributed by atoms with van der Waals surface area (Å²) in [4.78, 5) is 0.313. The second-order valence-corrected chi connectivity index (χ2v) is 5.91. The fourth-order valence-corrected chi connectivity index (χ4v) is 2.56. The fourth-order valence-electron chi connectivity index (χ4n) is 1.53. The van der Waals surface area contributed by atoms with E-state index in [9.17, 15) is 8.42 Å². The van der Waals surface area contributed by atoms with E-state index in [1.54, 1.807) is 36.4 Å². The summed E-state index contributed by atoms with van der Waals surface area (Å²) in [5, 5.41) is 1.24. The van der Waals surface area contributed by atoms with Crippen molar-refractivity contribution < 1.29 is 8.42 Å². The molecular formula is C15H14O2S. The number of rotatable bonds is 3. The van der Waals surface area contributed by atoms with E-state index in [1.165, 1.54) is 5.41 Å². The van der Waals surface area contributed by atoms with Crippen molar-refractivity contribution in [1.82, 2.24) is 0 Å². The van der Waals surface area contributed by atoms with Crippen molar-refractivity contribution in [3.63, 3.8) is 0 Å². The molecule has 0 aliphatic heterocycles. The standard InChI is InChI=1S/C15H14O2S/c1-13-7-9-14(10-8-13)11-12-18(16,17)15-5-3-2-4-6-15/h2-12H,1H3. The molecule has 0 spiro atoms. The van der Waals surface area contributed by atoms with Gasteiger partial charge in [-0.1, -0.05) is 48.0 Å². The van der Waals surface area contributed by atoms with Crippen molar-refractivity contribution in [3.05, 3.63) is 71.1 Å². The first-order valence-electron chi connectivity index (χ1n) is 5.63. The molecular weight excluding hydrogens is 244 g/mol. The number of sulfone groups is 1. The molecule has 2 aromatic rings. The summed E-state index contributed by atoms with van der Waals surface area (Å²) >= 11 is 0. The van der Waals surface area contributed by atoms with Gasteiger partial charge in [-0.05, 0) is 30.7 Å². The van der Waals surface area contributed by atoms with Gasteiger partial charge in [-0.15, -0.1) is 0 Å². The van der Waals surface area contributed by atoms with E-state index < -0.39 is 9.84 Å². The summed E-state index contributed by atoms with van der Waals surface area (Å²) in [6.07, 6.45) is 1.61. The van der Waals surface area contributed by atoms with Crippen LogP contribution in [0.25, 0.3) is 6.08 Å². The van der Waals surface area contributed by atoms with Crippen LogP contribution in [0.3, 0.4) is 0 Å². The minimum atomic E-state index is -3.35. The summed E-state index contributed by atoms with van der Waals surface area (Å²) in [5.41, 5.74) is 2.03. The zero-order valence-corrected chi connectivity index (χ0v) is 10.9. The molecule has 0 aliphatic rings. The average molecular weight is 258 g/mol. The lowest BCUT2D eigenvalue weighted by Crippen LogP contribution is -1.95. The topological polar surface area (TPSA) is 34.1 Å². The highest BCUT2D eigenvalue weighted by molar-refractivity contribution is 7.94. The molecule has 0 fully saturated rings. The Morgan fingerprint density at radius 3 is 2.11 bits per heavy atom. The van der Waals surface area contributed by atoms with Gasteiger partial charge < -0.3 is 0 Å². The Morgan fingerprint density at radius 2 is 1.50 bits per heavy atom. The third-order valence-electron chi connectivity index (χ3n) is 2.59. The van der Waals surface area contributed by atoms with Crippen molar-refractivity contribution in [1.29, 1.82) is 0 Å². The van der Waals surface area contributed by atoms with Gasteiger partial charge >= 0.3 is 0 Å². The Labute approximate surface area is 108 Å². The molecule has 0 atom stereocenters. The minimum Gasteiger partial charge on any atom is -0.219 e. The molecule has 0 unspecified atom stereocenters. The summed E-state index contributed by atoms with van der Waals surface area (Å²) in [5.74, 6) is 0. The number of hydrogen-bond donors (Lipinski definition) is 0. The maximum Gasteiger partial charge on any atom is 0.199 e. The highest BCUT2D eigenvalue weighted by atomic mass is 32.2. The second-order valence-electron chi connectivity index (χ2n) is 4.07. The molecule has 3 heteroatoms. The van der Waals surface area contributed by atoms with E-state index in [-0.39, 0.29) is 0 Å². The van der Waals surface area contributed by atoms with Gasteiger partial charge in [0.25, 0.3) is 0 Å². The molecule has 0 saturated heterocycles. The smallest absolute Gasteiger partial charge is 0.199 e. The van der Waals surface area contributed by atoms with E-state index in [2.05, 4.69) is 0 Å². The lowest BCUT2D eigenvalue weighted by atomic mass is 10.2. The van der Waals surface area contributed by atoms with Gasteiger partial charge in [-0.25, -0.2) is 8.42 Å². The van der Waals surface area contributed by atoms with Crippen LogP contribution in [0, 0.1) is 6.92 Å². The van der Waals surface area contributed by atoms with Gasteiger partial charge in [0.05, 0.1) is 4.90 Å². The molecule has 0 amide bonds. The first-order valence-corrected chi connectivity index (χ1v) is 7.17. The SMILES string of the molecule is Cc1ccc(C=CS(=O)(=O)c2ccccc2)cc1. The van der Waals surface area contributed by atoms with Crippen LogP contribution >= 0.6 is 0 Å². The lowest BCUT2D eigenvalue weighted by Gasteiger charge is -1.98. The normalized spacial score (nSPS) is 11.8. The zero-order chi connectivity index (χ0) is 13.0. The van der Waals surface area contributed by atoms with Gasteiger partial charge in [0.1, 0.15) is 0 Å². The third kappa shape index (κ3) is 3.08. The number of benzene rings is 2. The van der Waals surface area contributed by atoms with Gasteiger partial charge in [-0.2, -0.15) is 0 Å². The summed E-state index contributed by atoms with van der Waals surface area (Å²) in [7, 11) is -3.35. The molecule has 0 saturated carbocycles. The maximum absolute atomic E-state index is 12.0. The van der Waals surface area contributed by atoms with E-state index >= 15 is 0 Å². The summed E-state index contributed by atoms with van der Waals surface area (Å²) in [6, 6.07) is 16.1. The number of hydrogen-bond acceptors (Lipinski definition) is 2. The molecule has 0 heterocycles. The monoisotopic (exact) mass is 258 g/mol. The summed E-state index contributed by atoms with van der Waals surface area (Å²) < 4.78 is 24.0. The van der Waals surface area contributed by atoms with E-state index in [4.69, 9.17) is 0 Å². The predicted octanol–water partition coefficient (Wildman–Crippen LogP) is 3.44. The van der Waals surface area contributed by atoms with Gasteiger partial charge in [0.15, 0.2) is 9.84 Å². The van der Waals surface area contributed by atoms with Gasteiger partial charge in [0.2, 0.25) is 0 Å². The van der Waals surface area contributed by atoms with Crippen molar-refractivity contribution in [2.45, 2.75) is 11.8 Å². The highest BCUT2D eigenvalue weighted by Crippen LogP contribution is 2.13. The molecule has 18 heavy (non-hydrogen) atoms. The Bertz CT molecular complexity index is 639. The van der Waals surface area contributed by atoms with Crippen LogP contribution in [0.2, 0.25) is 0 Å². The molecule has 0 radical (unpaired) electrons. The third-order valence-corrected chi connectivity index (χ3v) is 4.01. The zero-order valence-electron chi connectivity index (χ0n) is 10.1. The van der Waals surface area contributed by atoms with E-state index in [0.717, 1.165) is 11.1 Å². The van der Waals surface area contributed by atoms with Crippen LogP contribution in [0.15, 0.2) is 64.9 Å². The van der Waals surface area contributed by atoms with Crippen LogP contribution in [0.1, 0.15) is 11.1 Å². The quantitative estimate of drug-likeness (QED) is 0.845. The van der Waals surface area contributed by atoms with Crippen molar-refractivity contribution >= 4 is 15.9 Å². The largest absolute Gasteiger partial charge is 0.219 e. The molecule has 0 bridgehead atoms. The van der Waals surface area contributed by atoms with E-state index in [0.29, 0.717) is 4.90 Å². The van der Waals surface area contributed by atoms with Crippen molar-refractivity contribution in [2.24, 2.45) is 0 Å². The minimum absolute atomic E-state index is 0.313. The van der Waals surface area contributed by atoms with Crippen molar-refractivity contribution in [3.8, 4) is 0 Å². The molecule has 0 aromatic heterocycles. The molecule has 2 rings (SSSR count). The second kappa shape index (κ2) is 5.19. The molecule has 2 aromatic carbocycles. The Balaban J connectivity index is 2.26. The molecule has 2 nitrogen and oxygen atoms in total. The van der Waals surface area contributed by atoms with Gasteiger partial charge in [0, 0.05) is 5.41 Å².